The quantitative estimate of drug-likeness (QED) is 0.548. The molecule has 0 saturated carbocycles. The molecule has 1 aromatic rings. The monoisotopic (exact) mass is 208 g/mol. The molecule has 82 valence electrons. The molecular weight excluding hydrogens is 192 g/mol. The zero-order valence-corrected chi connectivity index (χ0v) is 9.16. The van der Waals surface area contributed by atoms with Crippen LogP contribution in [-0.4, -0.2) is 26.8 Å². The van der Waals surface area contributed by atoms with Crippen LogP contribution in [0.3, 0.4) is 0 Å². The molecule has 0 fully saturated rings. The van der Waals surface area contributed by atoms with Crippen LogP contribution in [-0.2, 0) is 15.9 Å². The summed E-state index contributed by atoms with van der Waals surface area (Å²) in [7, 11) is 3.08. The highest BCUT2D eigenvalue weighted by Crippen LogP contribution is 2.07. The first kappa shape index (κ1) is 11.7. The lowest BCUT2D eigenvalue weighted by Crippen LogP contribution is -2.01. The number of esters is 1. The van der Waals surface area contributed by atoms with Gasteiger partial charge in [-0.25, -0.2) is 4.79 Å². The average molecular weight is 208 g/mol. The predicted molar refractivity (Wildman–Crippen MR) is 58.0 cm³/mol. The van der Waals surface area contributed by atoms with Crippen LogP contribution in [0.2, 0.25) is 0 Å². The van der Waals surface area contributed by atoms with E-state index in [9.17, 15) is 4.79 Å². The van der Waals surface area contributed by atoms with Crippen LogP contribution in [0.4, 0.5) is 0 Å². The van der Waals surface area contributed by atoms with Crippen LogP contribution in [0.15, 0.2) is 24.3 Å². The van der Waals surface area contributed by atoms with E-state index in [2.05, 4.69) is 4.74 Å². The molecule has 0 atom stereocenters. The summed E-state index contributed by atoms with van der Waals surface area (Å²) in [5.41, 5.74) is 1.80. The molecule has 0 amide bonds. The number of hydrogen-bond acceptors (Lipinski definition) is 3. The summed E-state index contributed by atoms with van der Waals surface area (Å²) in [6.07, 6.45) is 1.96. The Hall–Kier alpha value is -1.35. The lowest BCUT2D eigenvalue weighted by Gasteiger charge is -2.02. The van der Waals surface area contributed by atoms with Crippen LogP contribution < -0.4 is 0 Å². The van der Waals surface area contributed by atoms with Gasteiger partial charge in [0.2, 0.25) is 0 Å². The Balaban J connectivity index is 2.52. The summed E-state index contributed by atoms with van der Waals surface area (Å²) in [5.74, 6) is -0.293. The van der Waals surface area contributed by atoms with Gasteiger partial charge in [0.15, 0.2) is 0 Å². The zero-order chi connectivity index (χ0) is 11.1. The van der Waals surface area contributed by atoms with E-state index in [0.29, 0.717) is 5.56 Å². The van der Waals surface area contributed by atoms with Crippen molar-refractivity contribution >= 4 is 5.97 Å². The SMILES string of the molecule is COCCCc1ccc(C(=O)OC)cc1. The number of carbonyl (C=O) groups is 1. The van der Waals surface area contributed by atoms with Crippen LogP contribution >= 0.6 is 0 Å². The van der Waals surface area contributed by atoms with Gasteiger partial charge in [0.25, 0.3) is 0 Å². The minimum Gasteiger partial charge on any atom is -0.465 e. The van der Waals surface area contributed by atoms with Gasteiger partial charge in [-0.1, -0.05) is 12.1 Å². The van der Waals surface area contributed by atoms with Crippen molar-refractivity contribution < 1.29 is 14.3 Å². The minimum absolute atomic E-state index is 0.293. The molecule has 0 aliphatic rings. The maximum absolute atomic E-state index is 11.1. The van der Waals surface area contributed by atoms with E-state index in [1.165, 1.54) is 12.7 Å². The van der Waals surface area contributed by atoms with Crippen molar-refractivity contribution in [3.05, 3.63) is 35.4 Å². The zero-order valence-electron chi connectivity index (χ0n) is 9.16. The Bertz CT molecular complexity index is 303. The first-order valence-corrected chi connectivity index (χ1v) is 4.94. The maximum atomic E-state index is 11.1. The first-order valence-electron chi connectivity index (χ1n) is 4.94. The molecular formula is C12H16O3. The third kappa shape index (κ3) is 3.72. The number of aryl methyl sites for hydroxylation is 1. The Kier molecular flexibility index (Phi) is 4.84. The van der Waals surface area contributed by atoms with E-state index in [-0.39, 0.29) is 5.97 Å². The Morgan fingerprint density at radius 3 is 2.40 bits per heavy atom. The van der Waals surface area contributed by atoms with Gasteiger partial charge in [-0.3, -0.25) is 0 Å². The van der Waals surface area contributed by atoms with E-state index >= 15 is 0 Å². The van der Waals surface area contributed by atoms with E-state index in [0.717, 1.165) is 19.4 Å². The van der Waals surface area contributed by atoms with Gasteiger partial charge in [-0.2, -0.15) is 0 Å². The molecule has 3 nitrogen and oxygen atoms in total. The maximum Gasteiger partial charge on any atom is 0.337 e. The fourth-order valence-corrected chi connectivity index (χ4v) is 1.35. The van der Waals surface area contributed by atoms with Crippen LogP contribution in [0.5, 0.6) is 0 Å². The molecule has 0 N–H and O–H groups in total. The lowest BCUT2D eigenvalue weighted by molar-refractivity contribution is 0.0600. The van der Waals surface area contributed by atoms with E-state index in [1.807, 2.05) is 12.1 Å². The van der Waals surface area contributed by atoms with Crippen molar-refractivity contribution in [1.29, 1.82) is 0 Å². The predicted octanol–water partition coefficient (Wildman–Crippen LogP) is 2.05. The third-order valence-electron chi connectivity index (χ3n) is 2.19. The van der Waals surface area contributed by atoms with Crippen LogP contribution in [0, 0.1) is 0 Å². The molecule has 0 aliphatic carbocycles. The smallest absolute Gasteiger partial charge is 0.337 e. The molecule has 0 bridgehead atoms. The second kappa shape index (κ2) is 6.19. The standard InChI is InChI=1S/C12H16O3/c1-14-9-3-4-10-5-7-11(8-6-10)12(13)15-2/h5-8H,3-4,9H2,1-2H3. The Morgan fingerprint density at radius 2 is 1.87 bits per heavy atom. The summed E-state index contributed by atoms with van der Waals surface area (Å²) in [6, 6.07) is 7.46. The van der Waals surface area contributed by atoms with Gasteiger partial charge in [-0.05, 0) is 30.5 Å². The molecule has 0 radical (unpaired) electrons. The fraction of sp³-hybridized carbons (Fsp3) is 0.417. The Morgan fingerprint density at radius 1 is 1.20 bits per heavy atom. The second-order valence-electron chi connectivity index (χ2n) is 3.28. The molecule has 1 rings (SSSR count). The van der Waals surface area contributed by atoms with Crippen molar-refractivity contribution in [2.75, 3.05) is 20.8 Å². The third-order valence-corrected chi connectivity index (χ3v) is 2.19. The van der Waals surface area contributed by atoms with E-state index < -0.39 is 0 Å². The topological polar surface area (TPSA) is 35.5 Å². The van der Waals surface area contributed by atoms with Gasteiger partial charge in [-0.15, -0.1) is 0 Å². The lowest BCUT2D eigenvalue weighted by atomic mass is 10.1. The van der Waals surface area contributed by atoms with E-state index in [1.54, 1.807) is 19.2 Å². The van der Waals surface area contributed by atoms with Crippen molar-refractivity contribution in [3.63, 3.8) is 0 Å². The van der Waals surface area contributed by atoms with Crippen molar-refractivity contribution in [1.82, 2.24) is 0 Å². The van der Waals surface area contributed by atoms with Crippen LogP contribution in [0.1, 0.15) is 22.3 Å². The van der Waals surface area contributed by atoms with Gasteiger partial charge in [0, 0.05) is 13.7 Å². The summed E-state index contributed by atoms with van der Waals surface area (Å²) in [4.78, 5) is 11.1. The number of hydrogen-bond donors (Lipinski definition) is 0. The highest BCUT2D eigenvalue weighted by molar-refractivity contribution is 5.89. The van der Waals surface area contributed by atoms with E-state index in [4.69, 9.17) is 4.74 Å². The molecule has 0 spiro atoms. The Labute approximate surface area is 90.0 Å². The fourth-order valence-electron chi connectivity index (χ4n) is 1.35. The second-order valence-corrected chi connectivity index (χ2v) is 3.28. The normalized spacial score (nSPS) is 10.0. The minimum atomic E-state index is -0.293. The summed E-state index contributed by atoms with van der Waals surface area (Å²) in [5, 5.41) is 0. The number of carbonyl (C=O) groups excluding carboxylic acids is 1. The van der Waals surface area contributed by atoms with Gasteiger partial charge in [0.1, 0.15) is 0 Å². The van der Waals surface area contributed by atoms with Gasteiger partial charge in [0.05, 0.1) is 12.7 Å². The van der Waals surface area contributed by atoms with Gasteiger partial charge >= 0.3 is 5.97 Å². The number of rotatable bonds is 5. The highest BCUT2D eigenvalue weighted by atomic mass is 16.5. The highest BCUT2D eigenvalue weighted by Gasteiger charge is 2.03. The molecule has 0 heterocycles. The van der Waals surface area contributed by atoms with Crippen molar-refractivity contribution in [2.45, 2.75) is 12.8 Å². The summed E-state index contributed by atoms with van der Waals surface area (Å²) in [6.45, 7) is 0.763. The summed E-state index contributed by atoms with van der Waals surface area (Å²) >= 11 is 0. The number of methoxy groups -OCH3 is 2. The molecule has 15 heavy (non-hydrogen) atoms. The molecule has 0 aliphatic heterocycles. The molecule has 1 aromatic carbocycles. The van der Waals surface area contributed by atoms with Crippen LogP contribution in [0.25, 0.3) is 0 Å². The van der Waals surface area contributed by atoms with Crippen molar-refractivity contribution in [2.24, 2.45) is 0 Å². The number of benzene rings is 1. The first-order chi connectivity index (χ1) is 7.27. The molecule has 0 aromatic heterocycles. The number of ether oxygens (including phenoxy) is 2. The molecule has 3 heteroatoms. The average Bonchev–Trinajstić information content (AvgIpc) is 2.29. The van der Waals surface area contributed by atoms with Crippen molar-refractivity contribution in [3.8, 4) is 0 Å². The van der Waals surface area contributed by atoms with Gasteiger partial charge < -0.3 is 9.47 Å². The molecule has 0 saturated heterocycles. The largest absolute Gasteiger partial charge is 0.465 e. The molecule has 0 unspecified atom stereocenters. The summed E-state index contributed by atoms with van der Waals surface area (Å²) < 4.78 is 9.58.